The van der Waals surface area contributed by atoms with Gasteiger partial charge in [-0.15, -0.1) is 0 Å². The van der Waals surface area contributed by atoms with Crippen LogP contribution in [0.2, 0.25) is 0 Å². The second-order valence-corrected chi connectivity index (χ2v) is 7.65. The number of piperidine rings is 1. The van der Waals surface area contributed by atoms with E-state index in [1.165, 1.54) is 38.5 Å². The van der Waals surface area contributed by atoms with Gasteiger partial charge in [0.25, 0.3) is 0 Å². The second kappa shape index (κ2) is 6.46. The molecule has 2 aliphatic rings. The van der Waals surface area contributed by atoms with Crippen molar-refractivity contribution >= 4 is 5.91 Å². The Morgan fingerprint density at radius 2 is 1.90 bits per heavy atom. The first-order chi connectivity index (χ1) is 9.43. The van der Waals surface area contributed by atoms with Crippen LogP contribution in [-0.4, -0.2) is 36.5 Å². The molecule has 0 spiro atoms. The van der Waals surface area contributed by atoms with Gasteiger partial charge in [-0.1, -0.05) is 27.2 Å². The Bertz CT molecular complexity index is 330. The molecule has 2 unspecified atom stereocenters. The van der Waals surface area contributed by atoms with E-state index >= 15 is 0 Å². The summed E-state index contributed by atoms with van der Waals surface area (Å²) in [5.41, 5.74) is 0.469. The molecule has 1 heterocycles. The van der Waals surface area contributed by atoms with Gasteiger partial charge in [0.1, 0.15) is 0 Å². The monoisotopic (exact) mass is 280 g/mol. The summed E-state index contributed by atoms with van der Waals surface area (Å²) in [6.07, 6.45) is 8.26. The molecule has 0 bridgehead atoms. The van der Waals surface area contributed by atoms with Gasteiger partial charge in [0.15, 0.2) is 0 Å². The highest BCUT2D eigenvalue weighted by Gasteiger charge is 2.34. The molecule has 0 radical (unpaired) electrons. The third-order valence-electron chi connectivity index (χ3n) is 5.59. The zero-order valence-corrected chi connectivity index (χ0v) is 13.7. The fourth-order valence-corrected chi connectivity index (χ4v) is 3.75. The van der Waals surface area contributed by atoms with Crippen LogP contribution in [0.3, 0.4) is 0 Å². The fourth-order valence-electron chi connectivity index (χ4n) is 3.75. The number of amides is 1. The molecule has 3 nitrogen and oxygen atoms in total. The van der Waals surface area contributed by atoms with Gasteiger partial charge < -0.3 is 10.2 Å². The highest BCUT2D eigenvalue weighted by molar-refractivity contribution is 5.82. The van der Waals surface area contributed by atoms with Crippen molar-refractivity contribution in [2.45, 2.75) is 77.8 Å². The first-order valence-electron chi connectivity index (χ1n) is 8.43. The van der Waals surface area contributed by atoms with Gasteiger partial charge in [-0.2, -0.15) is 0 Å². The first-order valence-corrected chi connectivity index (χ1v) is 8.43. The zero-order chi connectivity index (χ0) is 14.8. The third-order valence-corrected chi connectivity index (χ3v) is 5.59. The number of likely N-dealkylation sites (N-methyl/N-ethyl adjacent to an activating group) is 1. The molecule has 1 aliphatic carbocycles. The van der Waals surface area contributed by atoms with Crippen LogP contribution in [0, 0.1) is 11.3 Å². The summed E-state index contributed by atoms with van der Waals surface area (Å²) in [5.74, 6) is 1.05. The molecule has 1 aliphatic heterocycles. The van der Waals surface area contributed by atoms with Crippen LogP contribution in [0.15, 0.2) is 0 Å². The molecule has 2 rings (SSSR count). The summed E-state index contributed by atoms with van der Waals surface area (Å²) in [4.78, 5) is 14.7. The maximum Gasteiger partial charge on any atom is 0.239 e. The van der Waals surface area contributed by atoms with Crippen molar-refractivity contribution in [1.29, 1.82) is 0 Å². The van der Waals surface area contributed by atoms with Crippen LogP contribution in [0.4, 0.5) is 0 Å². The van der Waals surface area contributed by atoms with Gasteiger partial charge in [-0.3, -0.25) is 4.79 Å². The Morgan fingerprint density at radius 3 is 2.50 bits per heavy atom. The summed E-state index contributed by atoms with van der Waals surface area (Å²) in [5, 5.41) is 3.43. The predicted molar refractivity (Wildman–Crippen MR) is 83.6 cm³/mol. The van der Waals surface area contributed by atoms with E-state index in [0.29, 0.717) is 17.4 Å². The van der Waals surface area contributed by atoms with E-state index in [1.807, 2.05) is 11.9 Å². The van der Waals surface area contributed by atoms with Crippen LogP contribution in [0.25, 0.3) is 0 Å². The van der Waals surface area contributed by atoms with E-state index in [4.69, 9.17) is 0 Å². The fraction of sp³-hybridized carbons (Fsp3) is 0.941. The highest BCUT2D eigenvalue weighted by atomic mass is 16.2. The number of hydrogen-bond acceptors (Lipinski definition) is 2. The van der Waals surface area contributed by atoms with Crippen LogP contribution in [-0.2, 0) is 4.79 Å². The van der Waals surface area contributed by atoms with E-state index in [-0.39, 0.29) is 6.04 Å². The third kappa shape index (κ3) is 3.75. The molecule has 2 fully saturated rings. The van der Waals surface area contributed by atoms with Gasteiger partial charge in [-0.05, 0) is 56.4 Å². The summed E-state index contributed by atoms with van der Waals surface area (Å²) in [6.45, 7) is 7.93. The standard InChI is InChI=1S/C17H32N2O/c1-5-13-8-11-18-15(12-13)16(20)19(4)14-6-9-17(2,3)10-7-14/h13-15,18H,5-12H2,1-4H3. The van der Waals surface area contributed by atoms with E-state index in [0.717, 1.165) is 18.9 Å². The van der Waals surface area contributed by atoms with E-state index < -0.39 is 0 Å². The van der Waals surface area contributed by atoms with E-state index in [1.54, 1.807) is 0 Å². The average Bonchev–Trinajstić information content (AvgIpc) is 2.46. The highest BCUT2D eigenvalue weighted by Crippen LogP contribution is 2.36. The van der Waals surface area contributed by atoms with Gasteiger partial charge in [0.2, 0.25) is 5.91 Å². The number of nitrogens with zero attached hydrogens (tertiary/aromatic N) is 1. The Labute approximate surface area is 124 Å². The maximum absolute atomic E-state index is 12.7. The van der Waals surface area contributed by atoms with Crippen LogP contribution in [0.1, 0.15) is 65.7 Å². The molecule has 1 N–H and O–H groups in total. The number of rotatable bonds is 3. The van der Waals surface area contributed by atoms with Crippen molar-refractivity contribution in [3.05, 3.63) is 0 Å². The predicted octanol–water partition coefficient (Wildman–Crippen LogP) is 3.19. The molecule has 20 heavy (non-hydrogen) atoms. The average molecular weight is 280 g/mol. The largest absolute Gasteiger partial charge is 0.341 e. The number of carbonyl (C=O) groups excluding carboxylic acids is 1. The van der Waals surface area contributed by atoms with E-state index in [9.17, 15) is 4.79 Å². The lowest BCUT2D eigenvalue weighted by atomic mass is 9.75. The number of hydrogen-bond donors (Lipinski definition) is 1. The Morgan fingerprint density at radius 1 is 1.25 bits per heavy atom. The van der Waals surface area contributed by atoms with Crippen LogP contribution < -0.4 is 5.32 Å². The molecule has 0 aromatic heterocycles. The first kappa shape index (κ1) is 15.8. The summed E-state index contributed by atoms with van der Waals surface area (Å²) >= 11 is 0. The molecule has 2 atom stereocenters. The minimum Gasteiger partial charge on any atom is -0.341 e. The summed E-state index contributed by atoms with van der Waals surface area (Å²) in [6, 6.07) is 0.521. The van der Waals surface area contributed by atoms with E-state index in [2.05, 4.69) is 26.1 Å². The molecule has 1 saturated heterocycles. The van der Waals surface area contributed by atoms with Crippen molar-refractivity contribution in [3.63, 3.8) is 0 Å². The minimum atomic E-state index is 0.0636. The SMILES string of the molecule is CCC1CCNC(C(=O)N(C)C2CCC(C)(C)CC2)C1. The minimum absolute atomic E-state index is 0.0636. The molecule has 1 amide bonds. The molecular formula is C17H32N2O. The second-order valence-electron chi connectivity index (χ2n) is 7.65. The lowest BCUT2D eigenvalue weighted by Gasteiger charge is -2.40. The Hall–Kier alpha value is -0.570. The van der Waals surface area contributed by atoms with Crippen molar-refractivity contribution in [3.8, 4) is 0 Å². The molecule has 1 saturated carbocycles. The maximum atomic E-state index is 12.7. The van der Waals surface area contributed by atoms with Gasteiger partial charge in [0, 0.05) is 13.1 Å². The van der Waals surface area contributed by atoms with Crippen molar-refractivity contribution < 1.29 is 4.79 Å². The zero-order valence-electron chi connectivity index (χ0n) is 13.7. The normalized spacial score (nSPS) is 31.0. The lowest BCUT2D eigenvalue weighted by Crippen LogP contribution is -2.52. The smallest absolute Gasteiger partial charge is 0.239 e. The Balaban J connectivity index is 1.88. The van der Waals surface area contributed by atoms with Crippen molar-refractivity contribution in [2.75, 3.05) is 13.6 Å². The van der Waals surface area contributed by atoms with Crippen LogP contribution in [0.5, 0.6) is 0 Å². The molecule has 0 aromatic rings. The van der Waals surface area contributed by atoms with Crippen molar-refractivity contribution in [1.82, 2.24) is 10.2 Å². The number of carbonyl (C=O) groups is 1. The summed E-state index contributed by atoms with van der Waals surface area (Å²) in [7, 11) is 2.02. The lowest BCUT2D eigenvalue weighted by molar-refractivity contribution is -0.136. The molecular weight excluding hydrogens is 248 g/mol. The topological polar surface area (TPSA) is 32.3 Å². The van der Waals surface area contributed by atoms with Crippen LogP contribution >= 0.6 is 0 Å². The quantitative estimate of drug-likeness (QED) is 0.861. The molecule has 0 aromatic carbocycles. The number of nitrogens with one attached hydrogen (secondary N) is 1. The van der Waals surface area contributed by atoms with Crippen molar-refractivity contribution in [2.24, 2.45) is 11.3 Å². The Kier molecular flexibility index (Phi) is 5.11. The van der Waals surface area contributed by atoms with Gasteiger partial charge >= 0.3 is 0 Å². The van der Waals surface area contributed by atoms with Gasteiger partial charge in [-0.25, -0.2) is 0 Å². The molecule has 3 heteroatoms. The van der Waals surface area contributed by atoms with Gasteiger partial charge in [0.05, 0.1) is 6.04 Å². The molecule has 116 valence electrons. The summed E-state index contributed by atoms with van der Waals surface area (Å²) < 4.78 is 0.